The van der Waals surface area contributed by atoms with E-state index in [0.29, 0.717) is 22.6 Å². The Balaban J connectivity index is 1.88. The summed E-state index contributed by atoms with van der Waals surface area (Å²) >= 11 is 0. The number of amides is 1. The fourth-order valence-corrected chi connectivity index (χ4v) is 3.16. The number of alkyl halides is 3. The van der Waals surface area contributed by atoms with Crippen LogP contribution in [-0.2, 0) is 11.2 Å². The number of halogens is 3. The summed E-state index contributed by atoms with van der Waals surface area (Å²) in [7, 11) is 0. The van der Waals surface area contributed by atoms with Crippen LogP contribution in [0, 0.1) is 13.8 Å². The molecule has 11 heteroatoms. The summed E-state index contributed by atoms with van der Waals surface area (Å²) in [5, 5.41) is 15.4. The molecule has 2 aromatic heterocycles. The minimum Gasteiger partial charge on any atom is -0.481 e. The smallest absolute Gasteiger partial charge is 0.481 e. The van der Waals surface area contributed by atoms with Gasteiger partial charge >= 0.3 is 12.3 Å². The Labute approximate surface area is 174 Å². The van der Waals surface area contributed by atoms with E-state index in [1.807, 2.05) is 0 Å². The third-order valence-corrected chi connectivity index (χ3v) is 4.59. The summed E-state index contributed by atoms with van der Waals surface area (Å²) in [6.45, 7) is 3.47. The van der Waals surface area contributed by atoms with Gasteiger partial charge in [0.25, 0.3) is 5.91 Å². The highest BCUT2D eigenvalue weighted by molar-refractivity contribution is 5.99. The molecular formula is C20H19F3N4O4. The quantitative estimate of drug-likeness (QED) is 0.590. The first-order valence-corrected chi connectivity index (χ1v) is 9.23. The predicted octanol–water partition coefficient (Wildman–Crippen LogP) is 3.04. The molecule has 0 unspecified atom stereocenters. The van der Waals surface area contributed by atoms with Crippen LogP contribution in [0.4, 0.5) is 13.2 Å². The van der Waals surface area contributed by atoms with Crippen LogP contribution in [-0.4, -0.2) is 44.5 Å². The molecule has 164 valence electrons. The fraction of sp³-hybridized carbons (Fsp3) is 0.300. The summed E-state index contributed by atoms with van der Waals surface area (Å²) in [6.07, 6.45) is -3.36. The van der Waals surface area contributed by atoms with Crippen LogP contribution in [0.3, 0.4) is 0 Å². The molecule has 0 aliphatic rings. The van der Waals surface area contributed by atoms with Gasteiger partial charge < -0.3 is 15.2 Å². The largest absolute Gasteiger partial charge is 0.573 e. The number of benzene rings is 1. The predicted molar refractivity (Wildman–Crippen MR) is 103 cm³/mol. The monoisotopic (exact) mass is 436 g/mol. The number of carbonyl (C=O) groups excluding carboxylic acids is 1. The zero-order valence-corrected chi connectivity index (χ0v) is 16.7. The second-order valence-corrected chi connectivity index (χ2v) is 6.83. The normalized spacial score (nSPS) is 11.5. The summed E-state index contributed by atoms with van der Waals surface area (Å²) in [5.41, 5.74) is 3.11. The number of hydrogen-bond donors (Lipinski definition) is 2. The van der Waals surface area contributed by atoms with Crippen molar-refractivity contribution in [2.24, 2.45) is 0 Å². The lowest BCUT2D eigenvalue weighted by molar-refractivity contribution is -0.274. The molecule has 0 fully saturated rings. The van der Waals surface area contributed by atoms with Gasteiger partial charge in [0.1, 0.15) is 11.3 Å². The Hall–Kier alpha value is -3.63. The van der Waals surface area contributed by atoms with Crippen LogP contribution in [0.15, 0.2) is 30.5 Å². The first kappa shape index (κ1) is 22.1. The van der Waals surface area contributed by atoms with E-state index in [1.165, 1.54) is 28.9 Å². The van der Waals surface area contributed by atoms with E-state index in [2.05, 4.69) is 20.1 Å². The first-order valence-electron chi connectivity index (χ1n) is 9.23. The molecule has 1 aromatic carbocycles. The van der Waals surface area contributed by atoms with Gasteiger partial charge in [-0.15, -0.1) is 13.2 Å². The molecule has 2 N–H and O–H groups in total. The van der Waals surface area contributed by atoms with Gasteiger partial charge in [-0.3, -0.25) is 9.59 Å². The van der Waals surface area contributed by atoms with Crippen LogP contribution in [0.25, 0.3) is 5.65 Å². The van der Waals surface area contributed by atoms with Crippen LogP contribution in [0.1, 0.15) is 39.3 Å². The van der Waals surface area contributed by atoms with Crippen molar-refractivity contribution in [1.82, 2.24) is 19.9 Å². The molecule has 0 saturated heterocycles. The number of ether oxygens (including phenoxy) is 1. The average Bonchev–Trinajstić information content (AvgIpc) is 3.07. The number of hydrogen-bond acceptors (Lipinski definition) is 5. The van der Waals surface area contributed by atoms with Crippen molar-refractivity contribution in [1.29, 1.82) is 0 Å². The molecular weight excluding hydrogens is 417 g/mol. The number of rotatable bonds is 7. The SMILES string of the molecule is Cc1nc2c(C(=O)NCCC(=O)O)cnn2c(C)c1Cc1cccc(OC(F)(F)F)c1. The van der Waals surface area contributed by atoms with Crippen molar-refractivity contribution in [3.8, 4) is 5.75 Å². The minimum absolute atomic E-state index is 0.0299. The average molecular weight is 436 g/mol. The third kappa shape index (κ3) is 5.30. The van der Waals surface area contributed by atoms with E-state index < -0.39 is 18.2 Å². The number of carboxylic acids is 1. The molecule has 0 aliphatic carbocycles. The number of aryl methyl sites for hydroxylation is 2. The maximum absolute atomic E-state index is 12.5. The van der Waals surface area contributed by atoms with Crippen LogP contribution in [0.5, 0.6) is 5.75 Å². The molecule has 3 aromatic rings. The highest BCUT2D eigenvalue weighted by atomic mass is 19.4. The van der Waals surface area contributed by atoms with Crippen molar-refractivity contribution in [3.05, 3.63) is 58.5 Å². The van der Waals surface area contributed by atoms with Gasteiger partial charge in [0.2, 0.25) is 0 Å². The van der Waals surface area contributed by atoms with E-state index in [-0.39, 0.29) is 30.7 Å². The standard InChI is InChI=1S/C20H19F3N4O4/c1-11-15(9-13-4-3-5-14(8-13)31-20(21,22)23)12(2)27-18(26-11)16(10-25-27)19(30)24-7-6-17(28)29/h3-5,8,10H,6-7,9H2,1-2H3,(H,24,30)(H,28,29). The topological polar surface area (TPSA) is 106 Å². The molecule has 0 spiro atoms. The number of fused-ring (bicyclic) bond motifs is 1. The van der Waals surface area contributed by atoms with Crippen LogP contribution >= 0.6 is 0 Å². The van der Waals surface area contributed by atoms with Crippen molar-refractivity contribution in [2.45, 2.75) is 33.1 Å². The number of nitrogens with one attached hydrogen (secondary N) is 1. The molecule has 3 rings (SSSR count). The van der Waals surface area contributed by atoms with Crippen molar-refractivity contribution in [3.63, 3.8) is 0 Å². The van der Waals surface area contributed by atoms with E-state index >= 15 is 0 Å². The Bertz CT molecular complexity index is 1140. The van der Waals surface area contributed by atoms with E-state index in [4.69, 9.17) is 5.11 Å². The summed E-state index contributed by atoms with van der Waals surface area (Å²) < 4.78 is 42.9. The van der Waals surface area contributed by atoms with Gasteiger partial charge in [0, 0.05) is 24.4 Å². The summed E-state index contributed by atoms with van der Waals surface area (Å²) in [4.78, 5) is 27.4. The first-order chi connectivity index (χ1) is 14.5. The van der Waals surface area contributed by atoms with E-state index in [1.54, 1.807) is 19.9 Å². The zero-order chi connectivity index (χ0) is 22.8. The molecule has 0 atom stereocenters. The highest BCUT2D eigenvalue weighted by Crippen LogP contribution is 2.26. The van der Waals surface area contributed by atoms with Crippen LogP contribution in [0.2, 0.25) is 0 Å². The lowest BCUT2D eigenvalue weighted by atomic mass is 10.0. The lowest BCUT2D eigenvalue weighted by Gasteiger charge is -2.13. The van der Waals surface area contributed by atoms with Gasteiger partial charge in [0.05, 0.1) is 12.6 Å². The third-order valence-electron chi connectivity index (χ3n) is 4.59. The maximum atomic E-state index is 12.5. The van der Waals surface area contributed by atoms with Crippen molar-refractivity contribution in [2.75, 3.05) is 6.54 Å². The number of aliphatic carboxylic acids is 1. The second kappa shape index (κ2) is 8.62. The Morgan fingerprint density at radius 2 is 2.00 bits per heavy atom. The number of nitrogens with zero attached hydrogens (tertiary/aromatic N) is 3. The Kier molecular flexibility index (Phi) is 6.14. The molecule has 1 amide bonds. The van der Waals surface area contributed by atoms with Gasteiger partial charge in [-0.25, -0.2) is 9.50 Å². The van der Waals surface area contributed by atoms with E-state index in [9.17, 15) is 22.8 Å². The van der Waals surface area contributed by atoms with Gasteiger partial charge in [-0.2, -0.15) is 5.10 Å². The van der Waals surface area contributed by atoms with Crippen molar-refractivity contribution < 1.29 is 32.6 Å². The number of carboxylic acid groups (broad SMARTS) is 1. The van der Waals surface area contributed by atoms with Gasteiger partial charge in [0.15, 0.2) is 5.65 Å². The molecule has 2 heterocycles. The summed E-state index contributed by atoms with van der Waals surface area (Å²) in [5.74, 6) is -1.83. The molecule has 31 heavy (non-hydrogen) atoms. The lowest BCUT2D eigenvalue weighted by Crippen LogP contribution is -2.26. The highest BCUT2D eigenvalue weighted by Gasteiger charge is 2.31. The van der Waals surface area contributed by atoms with E-state index in [0.717, 1.165) is 5.56 Å². The minimum atomic E-state index is -4.78. The maximum Gasteiger partial charge on any atom is 0.573 e. The fourth-order valence-electron chi connectivity index (χ4n) is 3.16. The number of aromatic nitrogens is 3. The molecule has 0 aliphatic heterocycles. The molecule has 0 bridgehead atoms. The van der Waals surface area contributed by atoms with Crippen molar-refractivity contribution >= 4 is 17.5 Å². The summed E-state index contributed by atoms with van der Waals surface area (Å²) in [6, 6.07) is 5.68. The zero-order valence-electron chi connectivity index (χ0n) is 16.7. The number of carbonyl (C=O) groups is 2. The van der Waals surface area contributed by atoms with Crippen LogP contribution < -0.4 is 10.1 Å². The van der Waals surface area contributed by atoms with Gasteiger partial charge in [-0.05, 0) is 37.1 Å². The molecule has 8 nitrogen and oxygen atoms in total. The molecule has 0 saturated carbocycles. The molecule has 0 radical (unpaired) electrons. The Morgan fingerprint density at radius 1 is 1.26 bits per heavy atom. The Morgan fingerprint density at radius 3 is 2.68 bits per heavy atom. The second-order valence-electron chi connectivity index (χ2n) is 6.83. The van der Waals surface area contributed by atoms with Gasteiger partial charge in [-0.1, -0.05) is 12.1 Å².